The zero-order valence-corrected chi connectivity index (χ0v) is 21.5. The first-order chi connectivity index (χ1) is 17.4. The maximum Gasteiger partial charge on any atom is 0.321 e. The SMILES string of the molecule is COc1ccc(-c2nn3c(=O)cc(CN4CCN(C(=O)Nc5cc(Cl)ccc5C)CC4)nc3s2)cc1. The van der Waals surface area contributed by atoms with E-state index in [2.05, 4.69) is 20.3 Å². The molecule has 0 bridgehead atoms. The lowest BCUT2D eigenvalue weighted by molar-refractivity contribution is 0.142. The monoisotopic (exact) mass is 524 g/mol. The van der Waals surface area contributed by atoms with E-state index < -0.39 is 0 Å². The molecule has 3 heterocycles. The summed E-state index contributed by atoms with van der Waals surface area (Å²) in [6.07, 6.45) is 0. The highest BCUT2D eigenvalue weighted by Gasteiger charge is 2.22. The van der Waals surface area contributed by atoms with Gasteiger partial charge < -0.3 is 15.0 Å². The van der Waals surface area contributed by atoms with Gasteiger partial charge in [-0.25, -0.2) is 9.78 Å². The third-order valence-electron chi connectivity index (χ3n) is 6.12. The Kier molecular flexibility index (Phi) is 6.90. The largest absolute Gasteiger partial charge is 0.497 e. The molecule has 11 heteroatoms. The van der Waals surface area contributed by atoms with Crippen molar-refractivity contribution in [2.24, 2.45) is 0 Å². The molecule has 5 rings (SSSR count). The standard InChI is InChI=1S/C25H25ClN6O3S/c1-16-3-6-18(26)13-21(16)28-24(34)31-11-9-30(10-12-31)15-19-14-22(33)32-25(27-19)36-23(29-32)17-4-7-20(35-2)8-5-17/h3-8,13-14H,9-12,15H2,1-2H3,(H,28,34). The van der Waals surface area contributed by atoms with Crippen LogP contribution >= 0.6 is 22.9 Å². The molecule has 4 aromatic rings. The van der Waals surface area contributed by atoms with Crippen LogP contribution in [0.25, 0.3) is 15.5 Å². The van der Waals surface area contributed by atoms with Gasteiger partial charge in [0.25, 0.3) is 5.56 Å². The number of halogens is 1. The zero-order valence-electron chi connectivity index (χ0n) is 19.9. The number of hydrogen-bond donors (Lipinski definition) is 1. The minimum Gasteiger partial charge on any atom is -0.497 e. The molecule has 2 amide bonds. The van der Waals surface area contributed by atoms with Crippen molar-refractivity contribution in [3.63, 3.8) is 0 Å². The van der Waals surface area contributed by atoms with Crippen molar-refractivity contribution in [1.82, 2.24) is 24.4 Å². The number of amides is 2. The third kappa shape index (κ3) is 5.20. The number of hydrogen-bond acceptors (Lipinski definition) is 7. The second kappa shape index (κ2) is 10.3. The number of piperazine rings is 1. The number of nitrogens with one attached hydrogen (secondary N) is 1. The van der Waals surface area contributed by atoms with E-state index in [-0.39, 0.29) is 11.6 Å². The second-order valence-electron chi connectivity index (χ2n) is 8.57. The van der Waals surface area contributed by atoms with Crippen molar-refractivity contribution < 1.29 is 9.53 Å². The molecule has 1 fully saturated rings. The van der Waals surface area contributed by atoms with Crippen LogP contribution in [0.5, 0.6) is 5.75 Å². The quantitative estimate of drug-likeness (QED) is 0.422. The lowest BCUT2D eigenvalue weighted by Gasteiger charge is -2.34. The van der Waals surface area contributed by atoms with Crippen molar-refractivity contribution in [2.75, 3.05) is 38.6 Å². The van der Waals surface area contributed by atoms with Crippen LogP contribution in [0.3, 0.4) is 0 Å². The molecule has 0 unspecified atom stereocenters. The summed E-state index contributed by atoms with van der Waals surface area (Å²) in [5.41, 5.74) is 3.05. The second-order valence-corrected chi connectivity index (χ2v) is 9.96. The molecule has 0 radical (unpaired) electrons. The lowest BCUT2D eigenvalue weighted by atomic mass is 10.2. The topological polar surface area (TPSA) is 92.1 Å². The van der Waals surface area contributed by atoms with Crippen molar-refractivity contribution >= 4 is 39.6 Å². The summed E-state index contributed by atoms with van der Waals surface area (Å²) in [5.74, 6) is 0.759. The number of urea groups is 1. The molecule has 1 N–H and O–H groups in total. The minimum atomic E-state index is -0.207. The van der Waals surface area contributed by atoms with Gasteiger partial charge in [0.05, 0.1) is 12.8 Å². The number of benzene rings is 2. The number of methoxy groups -OCH3 is 1. The van der Waals surface area contributed by atoms with Gasteiger partial charge in [-0.2, -0.15) is 9.61 Å². The summed E-state index contributed by atoms with van der Waals surface area (Å²) in [7, 11) is 1.62. The number of carbonyl (C=O) groups is 1. The maximum atomic E-state index is 12.7. The normalized spacial score (nSPS) is 14.2. The maximum absolute atomic E-state index is 12.7. The highest BCUT2D eigenvalue weighted by molar-refractivity contribution is 7.19. The first-order valence-electron chi connectivity index (χ1n) is 11.5. The third-order valence-corrected chi connectivity index (χ3v) is 7.31. The smallest absolute Gasteiger partial charge is 0.321 e. The highest BCUT2D eigenvalue weighted by Crippen LogP contribution is 2.26. The van der Waals surface area contributed by atoms with Crippen LogP contribution in [0.4, 0.5) is 10.5 Å². The number of fused-ring (bicyclic) bond motifs is 1. The summed E-state index contributed by atoms with van der Waals surface area (Å²) in [4.78, 5) is 34.7. The predicted molar refractivity (Wildman–Crippen MR) is 141 cm³/mol. The highest BCUT2D eigenvalue weighted by atomic mass is 35.5. The van der Waals surface area contributed by atoms with Gasteiger partial charge in [0, 0.05) is 55.1 Å². The molecule has 36 heavy (non-hydrogen) atoms. The molecular formula is C25H25ClN6O3S. The number of aryl methyl sites for hydroxylation is 1. The molecule has 186 valence electrons. The van der Waals surface area contributed by atoms with Crippen LogP contribution in [0.15, 0.2) is 53.3 Å². The summed E-state index contributed by atoms with van der Waals surface area (Å²) in [5, 5.41) is 8.70. The van der Waals surface area contributed by atoms with Crippen molar-refractivity contribution in [3.05, 3.63) is 75.2 Å². The van der Waals surface area contributed by atoms with Gasteiger partial charge in [-0.1, -0.05) is 29.0 Å². The fraction of sp³-hybridized carbons (Fsp3) is 0.280. The summed E-state index contributed by atoms with van der Waals surface area (Å²) in [6.45, 7) is 4.99. The minimum absolute atomic E-state index is 0.145. The van der Waals surface area contributed by atoms with Crippen molar-refractivity contribution in [2.45, 2.75) is 13.5 Å². The number of nitrogens with zero attached hydrogens (tertiary/aromatic N) is 5. The molecule has 2 aromatic heterocycles. The van der Waals surface area contributed by atoms with Crippen LogP contribution in [0, 0.1) is 6.92 Å². The Hall–Kier alpha value is -3.47. The molecule has 0 atom stereocenters. The molecule has 9 nitrogen and oxygen atoms in total. The molecule has 0 aliphatic carbocycles. The number of carbonyl (C=O) groups excluding carboxylic acids is 1. The molecule has 1 saturated heterocycles. The Bertz CT molecular complexity index is 1460. The van der Waals surface area contributed by atoms with E-state index in [9.17, 15) is 9.59 Å². The van der Waals surface area contributed by atoms with E-state index in [1.165, 1.54) is 21.9 Å². The summed E-state index contributed by atoms with van der Waals surface area (Å²) < 4.78 is 6.55. The van der Waals surface area contributed by atoms with Gasteiger partial charge >= 0.3 is 6.03 Å². The number of aromatic nitrogens is 3. The number of ether oxygens (including phenoxy) is 1. The van der Waals surface area contributed by atoms with Crippen LogP contribution in [0.1, 0.15) is 11.3 Å². The average Bonchev–Trinajstić information content (AvgIpc) is 3.31. The van der Waals surface area contributed by atoms with E-state index in [1.807, 2.05) is 37.3 Å². The number of anilines is 1. The van der Waals surface area contributed by atoms with E-state index >= 15 is 0 Å². The molecular weight excluding hydrogens is 500 g/mol. The molecule has 1 aliphatic heterocycles. The first kappa shape index (κ1) is 24.2. The van der Waals surface area contributed by atoms with Crippen LogP contribution < -0.4 is 15.6 Å². The fourth-order valence-corrected chi connectivity index (χ4v) is 5.15. The predicted octanol–water partition coefficient (Wildman–Crippen LogP) is 4.14. The van der Waals surface area contributed by atoms with E-state index in [0.29, 0.717) is 59.1 Å². The van der Waals surface area contributed by atoms with Crippen molar-refractivity contribution in [1.29, 1.82) is 0 Å². The average molecular weight is 525 g/mol. The molecule has 1 aliphatic rings. The Morgan fingerprint density at radius 2 is 1.86 bits per heavy atom. The van der Waals surface area contributed by atoms with E-state index in [4.69, 9.17) is 16.3 Å². The fourth-order valence-electron chi connectivity index (χ4n) is 4.05. The molecule has 0 saturated carbocycles. The van der Waals surface area contributed by atoms with Gasteiger partial charge in [0.1, 0.15) is 10.8 Å². The Morgan fingerprint density at radius 3 is 2.58 bits per heavy atom. The van der Waals surface area contributed by atoms with Crippen LogP contribution in [-0.2, 0) is 6.54 Å². The summed E-state index contributed by atoms with van der Waals surface area (Å²) in [6, 6.07) is 14.4. The Morgan fingerprint density at radius 1 is 1.11 bits per heavy atom. The zero-order chi connectivity index (χ0) is 25.2. The van der Waals surface area contributed by atoms with Gasteiger partial charge in [-0.05, 0) is 48.9 Å². The Labute approximate surface area is 216 Å². The lowest BCUT2D eigenvalue weighted by Crippen LogP contribution is -2.49. The van der Waals surface area contributed by atoms with Gasteiger partial charge in [-0.15, -0.1) is 0 Å². The Balaban J connectivity index is 1.23. The van der Waals surface area contributed by atoms with Gasteiger partial charge in [0.2, 0.25) is 4.96 Å². The van der Waals surface area contributed by atoms with Crippen LogP contribution in [0.2, 0.25) is 5.02 Å². The first-order valence-corrected chi connectivity index (χ1v) is 12.7. The molecule has 0 spiro atoms. The van der Waals surface area contributed by atoms with Gasteiger partial charge in [-0.3, -0.25) is 9.69 Å². The summed E-state index contributed by atoms with van der Waals surface area (Å²) >= 11 is 7.44. The van der Waals surface area contributed by atoms with Crippen molar-refractivity contribution in [3.8, 4) is 16.3 Å². The van der Waals surface area contributed by atoms with Gasteiger partial charge in [0.15, 0.2) is 0 Å². The van der Waals surface area contributed by atoms with E-state index in [1.54, 1.807) is 24.1 Å². The van der Waals surface area contributed by atoms with E-state index in [0.717, 1.165) is 16.9 Å². The number of rotatable bonds is 5. The molecule has 2 aromatic carbocycles. The van der Waals surface area contributed by atoms with Crippen LogP contribution in [-0.4, -0.2) is 63.7 Å².